The number of carbonyl (C=O) groups is 2. The number of esters is 2. The Kier molecular flexibility index (Phi) is 5.70. The maximum Gasteiger partial charge on any atom is 0.333 e. The van der Waals surface area contributed by atoms with Gasteiger partial charge in [0.25, 0.3) is 0 Å². The summed E-state index contributed by atoms with van der Waals surface area (Å²) in [5, 5.41) is 8.82. The van der Waals surface area contributed by atoms with E-state index in [0.717, 1.165) is 0 Å². The van der Waals surface area contributed by atoms with Gasteiger partial charge in [0, 0.05) is 0 Å². The molecule has 0 N–H and O–H groups in total. The first-order valence-electron chi connectivity index (χ1n) is 5.09. The van der Waals surface area contributed by atoms with Gasteiger partial charge in [-0.2, -0.15) is 5.26 Å². The minimum absolute atomic E-state index is 0.0595. The molecule has 0 aromatic carbocycles. The fourth-order valence-corrected chi connectivity index (χ4v) is 1.16. The molecule has 0 saturated heterocycles. The van der Waals surface area contributed by atoms with Crippen LogP contribution in [0.3, 0.4) is 0 Å². The molecule has 1 unspecified atom stereocenters. The summed E-state index contributed by atoms with van der Waals surface area (Å²) in [5.41, 5.74) is -1.90. The number of ether oxygens (including phenoxy) is 2. The average molecular weight is 238 g/mol. The van der Waals surface area contributed by atoms with Gasteiger partial charge in [-0.1, -0.05) is 0 Å². The zero-order chi connectivity index (χ0) is 13.5. The van der Waals surface area contributed by atoms with E-state index in [0.29, 0.717) is 0 Å². The second-order valence-electron chi connectivity index (χ2n) is 3.30. The lowest BCUT2D eigenvalue weighted by atomic mass is 9.83. The van der Waals surface area contributed by atoms with Crippen LogP contribution < -0.4 is 0 Å². The van der Waals surface area contributed by atoms with E-state index in [4.69, 9.17) is 21.3 Å². The normalized spacial score (nSPS) is 11.8. The van der Waals surface area contributed by atoms with Crippen LogP contribution in [-0.4, -0.2) is 31.2 Å². The van der Waals surface area contributed by atoms with Crippen molar-refractivity contribution in [2.45, 2.75) is 26.8 Å². The van der Waals surface area contributed by atoms with Gasteiger partial charge in [0.2, 0.25) is 5.41 Å². The van der Waals surface area contributed by atoms with Crippen LogP contribution in [0.5, 0.6) is 0 Å². The molecule has 0 spiro atoms. The molecule has 0 aliphatic rings. The molecule has 6 heteroatoms. The third-order valence-corrected chi connectivity index (χ3v) is 2.20. The molecule has 1 atom stereocenters. The van der Waals surface area contributed by atoms with Crippen LogP contribution in [0.15, 0.2) is 0 Å². The summed E-state index contributed by atoms with van der Waals surface area (Å²) in [4.78, 5) is 26.4. The van der Waals surface area contributed by atoms with Crippen LogP contribution in [0.4, 0.5) is 0 Å². The quantitative estimate of drug-likeness (QED) is 0.404. The fourth-order valence-electron chi connectivity index (χ4n) is 1.16. The number of nitrogens with zero attached hydrogens (tertiary/aromatic N) is 2. The van der Waals surface area contributed by atoms with Gasteiger partial charge in [0.1, 0.15) is 0 Å². The Morgan fingerprint density at radius 3 is 2.00 bits per heavy atom. The Morgan fingerprint density at radius 2 is 1.76 bits per heavy atom. The Hall–Kier alpha value is -2.08. The Bertz CT molecular complexity index is 346. The van der Waals surface area contributed by atoms with Crippen molar-refractivity contribution in [3.05, 3.63) is 11.4 Å². The number of nitriles is 1. The van der Waals surface area contributed by atoms with Crippen LogP contribution in [0.1, 0.15) is 20.8 Å². The molecule has 0 bridgehead atoms. The van der Waals surface area contributed by atoms with Crippen molar-refractivity contribution in [3.8, 4) is 6.07 Å². The number of carbonyl (C=O) groups excluding carboxylic acids is 2. The van der Waals surface area contributed by atoms with Gasteiger partial charge in [0.15, 0.2) is 6.07 Å². The van der Waals surface area contributed by atoms with Crippen molar-refractivity contribution >= 4 is 11.9 Å². The third-order valence-electron chi connectivity index (χ3n) is 2.20. The van der Waals surface area contributed by atoms with E-state index in [1.807, 2.05) is 0 Å². The monoisotopic (exact) mass is 238 g/mol. The van der Waals surface area contributed by atoms with Crippen molar-refractivity contribution < 1.29 is 19.1 Å². The van der Waals surface area contributed by atoms with Crippen LogP contribution in [0, 0.1) is 23.3 Å². The maximum absolute atomic E-state index is 11.7. The molecule has 0 heterocycles. The van der Waals surface area contributed by atoms with Crippen molar-refractivity contribution in [1.29, 1.82) is 5.26 Å². The summed E-state index contributed by atoms with van der Waals surface area (Å²) < 4.78 is 9.45. The first-order valence-corrected chi connectivity index (χ1v) is 5.09. The highest BCUT2D eigenvalue weighted by molar-refractivity contribution is 6.01. The highest BCUT2D eigenvalue weighted by Gasteiger charge is 2.56. The zero-order valence-corrected chi connectivity index (χ0v) is 10.0. The van der Waals surface area contributed by atoms with Gasteiger partial charge in [-0.05, 0) is 20.8 Å². The van der Waals surface area contributed by atoms with Gasteiger partial charge < -0.3 is 9.47 Å². The topological polar surface area (TPSA) is 80.8 Å². The molecule has 0 radical (unpaired) electrons. The highest BCUT2D eigenvalue weighted by atomic mass is 16.6. The summed E-state index contributed by atoms with van der Waals surface area (Å²) in [6.07, 6.45) is 0. The minimum Gasteiger partial charge on any atom is -0.465 e. The third kappa shape index (κ3) is 2.94. The summed E-state index contributed by atoms with van der Waals surface area (Å²) in [7, 11) is 0. The Balaban J connectivity index is 5.37. The van der Waals surface area contributed by atoms with Gasteiger partial charge >= 0.3 is 18.0 Å². The minimum atomic E-state index is -1.90. The van der Waals surface area contributed by atoms with E-state index in [1.165, 1.54) is 6.92 Å². The molecule has 6 nitrogen and oxygen atoms in total. The summed E-state index contributed by atoms with van der Waals surface area (Å²) >= 11 is 0. The van der Waals surface area contributed by atoms with Crippen LogP contribution >= 0.6 is 0 Å². The molecule has 0 rings (SSSR count). The van der Waals surface area contributed by atoms with E-state index in [2.05, 4.69) is 4.85 Å². The molecule has 0 aliphatic carbocycles. The predicted octanol–water partition coefficient (Wildman–Crippen LogP) is 0.930. The molecule has 17 heavy (non-hydrogen) atoms. The molecule has 0 amide bonds. The first-order chi connectivity index (χ1) is 7.98. The summed E-state index contributed by atoms with van der Waals surface area (Å²) in [5.74, 6) is -1.83. The molecule has 0 aromatic heterocycles. The van der Waals surface area contributed by atoms with E-state index in [1.54, 1.807) is 19.9 Å². The number of hydrogen-bond donors (Lipinski definition) is 0. The lowest BCUT2D eigenvalue weighted by Crippen LogP contribution is -2.46. The molecule has 92 valence electrons. The smallest absolute Gasteiger partial charge is 0.333 e. The SMILES string of the molecule is [C-]#[N+]C(C#N)C(C)(C(=O)OCC)C(=O)OCC. The van der Waals surface area contributed by atoms with Crippen molar-refractivity contribution in [2.24, 2.45) is 5.41 Å². The van der Waals surface area contributed by atoms with Crippen molar-refractivity contribution in [2.75, 3.05) is 13.2 Å². The zero-order valence-electron chi connectivity index (χ0n) is 10.0. The Morgan fingerprint density at radius 1 is 1.35 bits per heavy atom. The summed E-state index contributed by atoms with van der Waals surface area (Å²) in [6, 6.07) is 0.157. The van der Waals surface area contributed by atoms with Crippen LogP contribution in [-0.2, 0) is 19.1 Å². The van der Waals surface area contributed by atoms with E-state index < -0.39 is 23.4 Å². The highest BCUT2D eigenvalue weighted by Crippen LogP contribution is 2.28. The van der Waals surface area contributed by atoms with Gasteiger partial charge in [-0.25, -0.2) is 6.57 Å². The molecule has 0 fully saturated rings. The maximum atomic E-state index is 11.7. The van der Waals surface area contributed by atoms with E-state index in [-0.39, 0.29) is 13.2 Å². The second-order valence-corrected chi connectivity index (χ2v) is 3.30. The number of hydrogen-bond acceptors (Lipinski definition) is 5. The largest absolute Gasteiger partial charge is 0.465 e. The average Bonchev–Trinajstić information content (AvgIpc) is 2.30. The first kappa shape index (κ1) is 14.9. The lowest BCUT2D eigenvalue weighted by molar-refractivity contribution is -0.170. The van der Waals surface area contributed by atoms with Gasteiger partial charge in [0.05, 0.1) is 13.2 Å². The molecule has 0 saturated carbocycles. The fraction of sp³-hybridized carbons (Fsp3) is 0.636. The van der Waals surface area contributed by atoms with Crippen molar-refractivity contribution in [1.82, 2.24) is 0 Å². The van der Waals surface area contributed by atoms with Gasteiger partial charge in [-0.15, -0.1) is 0 Å². The van der Waals surface area contributed by atoms with Crippen LogP contribution in [0.2, 0.25) is 0 Å². The summed E-state index contributed by atoms with van der Waals surface area (Å²) in [6.45, 7) is 11.3. The Labute approximate surface area is 99.9 Å². The molecule has 0 aliphatic heterocycles. The van der Waals surface area contributed by atoms with Gasteiger partial charge in [-0.3, -0.25) is 14.4 Å². The van der Waals surface area contributed by atoms with Crippen molar-refractivity contribution in [3.63, 3.8) is 0 Å². The lowest BCUT2D eigenvalue weighted by Gasteiger charge is -2.22. The van der Waals surface area contributed by atoms with Crippen LogP contribution in [0.25, 0.3) is 4.85 Å². The standard InChI is InChI=1S/C11H14N2O4/c1-5-16-9(14)11(3,8(7-12)13-4)10(15)17-6-2/h8H,5-6H2,1-3H3. The molecule has 0 aromatic rings. The van der Waals surface area contributed by atoms with E-state index >= 15 is 0 Å². The van der Waals surface area contributed by atoms with E-state index in [9.17, 15) is 9.59 Å². The molecular formula is C11H14N2O4. The second kappa shape index (κ2) is 6.49. The molecular weight excluding hydrogens is 224 g/mol. The predicted molar refractivity (Wildman–Crippen MR) is 57.4 cm³/mol. The number of rotatable bonds is 5.